The van der Waals surface area contributed by atoms with Crippen molar-refractivity contribution in [2.24, 2.45) is 0 Å². The van der Waals surface area contributed by atoms with Gasteiger partial charge in [-0.3, -0.25) is 14.9 Å². The minimum absolute atomic E-state index is 0.0248. The summed E-state index contributed by atoms with van der Waals surface area (Å²) < 4.78 is 0. The summed E-state index contributed by atoms with van der Waals surface area (Å²) in [6.45, 7) is 2.24. The number of carbonyl (C=O) groups is 1. The van der Waals surface area contributed by atoms with Crippen molar-refractivity contribution in [3.05, 3.63) is 33.3 Å². The number of nitrogens with zero attached hydrogens (tertiary/aromatic N) is 2. The van der Waals surface area contributed by atoms with Crippen molar-refractivity contribution in [2.75, 3.05) is 25.0 Å². The van der Waals surface area contributed by atoms with E-state index in [1.165, 1.54) is 12.1 Å². The van der Waals surface area contributed by atoms with Crippen LogP contribution in [0.15, 0.2) is 18.2 Å². The number of amides is 1. The number of rotatable bonds is 6. The van der Waals surface area contributed by atoms with Gasteiger partial charge in [-0.25, -0.2) is 0 Å². The lowest BCUT2D eigenvalue weighted by Crippen LogP contribution is -2.26. The van der Waals surface area contributed by atoms with E-state index in [-0.39, 0.29) is 11.6 Å². The van der Waals surface area contributed by atoms with Gasteiger partial charge < -0.3 is 10.2 Å². The highest BCUT2D eigenvalue weighted by Crippen LogP contribution is 2.26. The van der Waals surface area contributed by atoms with Gasteiger partial charge in [-0.2, -0.15) is 0 Å². The Hall–Kier alpha value is -1.82. The van der Waals surface area contributed by atoms with E-state index >= 15 is 0 Å². The van der Waals surface area contributed by atoms with Gasteiger partial charge in [-0.15, -0.1) is 0 Å². The summed E-state index contributed by atoms with van der Waals surface area (Å²) in [6.07, 6.45) is 2.42. The van der Waals surface area contributed by atoms with E-state index < -0.39 is 4.92 Å². The van der Waals surface area contributed by atoms with Crippen LogP contribution in [-0.4, -0.2) is 35.4 Å². The number of nitro groups is 1. The zero-order valence-corrected chi connectivity index (χ0v) is 11.7. The number of hydrogen-bond acceptors (Lipinski definition) is 4. The van der Waals surface area contributed by atoms with Crippen LogP contribution in [0.4, 0.5) is 11.4 Å². The summed E-state index contributed by atoms with van der Waals surface area (Å²) in [7, 11) is 0. The van der Waals surface area contributed by atoms with Crippen molar-refractivity contribution >= 4 is 28.9 Å². The van der Waals surface area contributed by atoms with Gasteiger partial charge in [0.25, 0.3) is 5.69 Å². The second-order valence-electron chi connectivity index (χ2n) is 4.69. The molecule has 1 aliphatic heterocycles. The second kappa shape index (κ2) is 6.56. The van der Waals surface area contributed by atoms with Crippen molar-refractivity contribution in [2.45, 2.75) is 19.3 Å². The third kappa shape index (κ3) is 3.60. The Morgan fingerprint density at radius 2 is 2.25 bits per heavy atom. The number of non-ortho nitro benzene ring substituents is 1. The van der Waals surface area contributed by atoms with Gasteiger partial charge in [0.15, 0.2) is 0 Å². The molecule has 0 spiro atoms. The van der Waals surface area contributed by atoms with E-state index in [4.69, 9.17) is 11.6 Å². The molecule has 108 valence electrons. The van der Waals surface area contributed by atoms with Crippen molar-refractivity contribution in [3.8, 4) is 0 Å². The minimum Gasteiger partial charge on any atom is -0.384 e. The monoisotopic (exact) mass is 297 g/mol. The average Bonchev–Trinajstić information content (AvgIpc) is 2.81. The molecule has 0 aromatic heterocycles. The molecule has 1 N–H and O–H groups in total. The van der Waals surface area contributed by atoms with Gasteiger partial charge in [-0.05, 0) is 18.9 Å². The number of hydrogen-bond donors (Lipinski definition) is 1. The Balaban J connectivity index is 1.79. The highest BCUT2D eigenvalue weighted by molar-refractivity contribution is 6.33. The minimum atomic E-state index is -0.478. The smallest absolute Gasteiger partial charge is 0.271 e. The van der Waals surface area contributed by atoms with Crippen molar-refractivity contribution in [1.82, 2.24) is 4.90 Å². The van der Waals surface area contributed by atoms with Crippen LogP contribution in [-0.2, 0) is 4.79 Å². The highest BCUT2D eigenvalue weighted by Gasteiger charge is 2.18. The fraction of sp³-hybridized carbons (Fsp3) is 0.462. The number of nitrogens with one attached hydrogen (secondary N) is 1. The molecule has 6 nitrogen and oxygen atoms in total. The maximum Gasteiger partial charge on any atom is 0.271 e. The van der Waals surface area contributed by atoms with Crippen LogP contribution in [0.25, 0.3) is 0 Å². The first-order chi connectivity index (χ1) is 9.58. The lowest BCUT2D eigenvalue weighted by molar-refractivity contribution is -0.384. The first kappa shape index (κ1) is 14.6. The van der Waals surface area contributed by atoms with Gasteiger partial charge >= 0.3 is 0 Å². The second-order valence-corrected chi connectivity index (χ2v) is 5.09. The molecule has 1 aliphatic rings. The summed E-state index contributed by atoms with van der Waals surface area (Å²) >= 11 is 5.97. The van der Waals surface area contributed by atoms with E-state index in [0.29, 0.717) is 23.7 Å². The van der Waals surface area contributed by atoms with E-state index in [1.807, 2.05) is 4.90 Å². The standard InChI is InChI=1S/C13H16ClN3O3/c14-11-9-10(17(19)20)4-5-12(11)15-6-2-8-16-7-1-3-13(16)18/h4-5,9,15H,1-3,6-8H2. The Kier molecular flexibility index (Phi) is 4.79. The van der Waals surface area contributed by atoms with E-state index in [1.54, 1.807) is 6.07 Å². The molecule has 0 saturated carbocycles. The zero-order chi connectivity index (χ0) is 14.5. The fourth-order valence-electron chi connectivity index (χ4n) is 2.19. The molecule has 0 radical (unpaired) electrons. The first-order valence-electron chi connectivity index (χ1n) is 6.53. The fourth-order valence-corrected chi connectivity index (χ4v) is 2.44. The summed E-state index contributed by atoms with van der Waals surface area (Å²) in [6, 6.07) is 4.34. The largest absolute Gasteiger partial charge is 0.384 e. The lowest BCUT2D eigenvalue weighted by atomic mass is 10.2. The van der Waals surface area contributed by atoms with E-state index in [0.717, 1.165) is 25.9 Å². The number of benzene rings is 1. The zero-order valence-electron chi connectivity index (χ0n) is 11.0. The van der Waals surface area contributed by atoms with Crippen molar-refractivity contribution < 1.29 is 9.72 Å². The molecule has 0 aliphatic carbocycles. The quantitative estimate of drug-likeness (QED) is 0.497. The number of nitro benzene ring substituents is 1. The molecule has 0 unspecified atom stereocenters. The lowest BCUT2D eigenvalue weighted by Gasteiger charge is -2.15. The Labute approximate surface area is 121 Å². The summed E-state index contributed by atoms with van der Waals surface area (Å²) in [5.74, 6) is 0.221. The summed E-state index contributed by atoms with van der Waals surface area (Å²) in [4.78, 5) is 23.4. The average molecular weight is 298 g/mol. The van der Waals surface area contributed by atoms with Crippen LogP contribution in [0.3, 0.4) is 0 Å². The first-order valence-corrected chi connectivity index (χ1v) is 6.91. The molecule has 2 rings (SSSR count). The van der Waals surface area contributed by atoms with Gasteiger partial charge in [0.1, 0.15) is 0 Å². The molecule has 20 heavy (non-hydrogen) atoms. The maximum atomic E-state index is 11.4. The van der Waals surface area contributed by atoms with Crippen LogP contribution in [0.1, 0.15) is 19.3 Å². The van der Waals surface area contributed by atoms with Gasteiger partial charge in [0, 0.05) is 38.2 Å². The normalized spacial score (nSPS) is 14.7. The predicted molar refractivity (Wildman–Crippen MR) is 77.0 cm³/mol. The highest BCUT2D eigenvalue weighted by atomic mass is 35.5. The van der Waals surface area contributed by atoms with E-state index in [9.17, 15) is 14.9 Å². The summed E-state index contributed by atoms with van der Waals surface area (Å²) in [5.41, 5.74) is 0.647. The van der Waals surface area contributed by atoms with Gasteiger partial charge in [0.05, 0.1) is 15.6 Å². The number of anilines is 1. The number of likely N-dealkylation sites (tertiary alicyclic amines) is 1. The Morgan fingerprint density at radius 3 is 2.85 bits per heavy atom. The van der Waals surface area contributed by atoms with E-state index in [2.05, 4.69) is 5.32 Å². The SMILES string of the molecule is O=C1CCCN1CCCNc1ccc([N+](=O)[O-])cc1Cl. The molecule has 1 aromatic carbocycles. The van der Waals surface area contributed by atoms with Crippen LogP contribution < -0.4 is 5.32 Å². The summed E-state index contributed by atoms with van der Waals surface area (Å²) in [5, 5.41) is 14.0. The molecular formula is C13H16ClN3O3. The molecule has 0 atom stereocenters. The predicted octanol–water partition coefficient (Wildman–Crippen LogP) is 2.67. The molecule has 1 saturated heterocycles. The Bertz CT molecular complexity index is 522. The van der Waals surface area contributed by atoms with Crippen LogP contribution in [0.5, 0.6) is 0 Å². The molecule has 1 aromatic rings. The molecule has 0 bridgehead atoms. The molecular weight excluding hydrogens is 282 g/mol. The topological polar surface area (TPSA) is 75.5 Å². The molecule has 7 heteroatoms. The number of carbonyl (C=O) groups excluding carboxylic acids is 1. The van der Waals surface area contributed by atoms with Gasteiger partial charge in [0.2, 0.25) is 5.91 Å². The van der Waals surface area contributed by atoms with Crippen molar-refractivity contribution in [3.63, 3.8) is 0 Å². The molecule has 1 amide bonds. The van der Waals surface area contributed by atoms with Crippen LogP contribution in [0, 0.1) is 10.1 Å². The third-order valence-electron chi connectivity index (χ3n) is 3.26. The van der Waals surface area contributed by atoms with Gasteiger partial charge in [-0.1, -0.05) is 11.6 Å². The van der Waals surface area contributed by atoms with Crippen LogP contribution >= 0.6 is 11.6 Å². The Morgan fingerprint density at radius 1 is 1.45 bits per heavy atom. The van der Waals surface area contributed by atoms with Crippen molar-refractivity contribution in [1.29, 1.82) is 0 Å². The molecule has 1 fully saturated rings. The maximum absolute atomic E-state index is 11.4. The third-order valence-corrected chi connectivity index (χ3v) is 3.57. The number of halogens is 1. The molecule has 1 heterocycles. The van der Waals surface area contributed by atoms with Crippen LogP contribution in [0.2, 0.25) is 5.02 Å².